The van der Waals surface area contributed by atoms with Gasteiger partial charge in [0, 0.05) is 6.54 Å². The number of aromatic nitrogens is 2. The smallest absolute Gasteiger partial charge is 0.282 e. The van der Waals surface area contributed by atoms with Gasteiger partial charge >= 0.3 is 0 Å². The third kappa shape index (κ3) is 3.73. The third-order valence-electron chi connectivity index (χ3n) is 2.27. The molecule has 2 aromatic rings. The number of carbonyl (C=O) groups excluding carboxylic acids is 1. The van der Waals surface area contributed by atoms with Crippen molar-refractivity contribution >= 4 is 38.9 Å². The molecule has 7 nitrogen and oxygen atoms in total. The number of hydrogen-bond acceptors (Lipinski definition) is 6. The molecule has 0 spiro atoms. The number of nitrogens with two attached hydrogens (primary N) is 1. The zero-order valence-corrected chi connectivity index (χ0v) is 12.3. The molecule has 1 aromatic carbocycles. The van der Waals surface area contributed by atoms with Crippen molar-refractivity contribution in [3.63, 3.8) is 0 Å². The Morgan fingerprint density at radius 1 is 1.40 bits per heavy atom. The predicted molar refractivity (Wildman–Crippen MR) is 73.9 cm³/mol. The maximum absolute atomic E-state index is 11.7. The first-order valence-electron chi connectivity index (χ1n) is 5.25. The fraction of sp³-hybridized carbons (Fsp3) is 0.100. The lowest BCUT2D eigenvalue weighted by Gasteiger charge is -2.05. The lowest BCUT2D eigenvalue weighted by molar-refractivity contribution is 0.0950. The van der Waals surface area contributed by atoms with Gasteiger partial charge in [-0.3, -0.25) is 4.79 Å². The number of benzene rings is 1. The molecule has 106 valence electrons. The molecule has 10 heteroatoms. The van der Waals surface area contributed by atoms with E-state index in [-0.39, 0.29) is 20.9 Å². The topological polar surface area (TPSA) is 115 Å². The summed E-state index contributed by atoms with van der Waals surface area (Å²) in [5, 5.41) is 14.9. The second-order valence-electron chi connectivity index (χ2n) is 3.74. The molecule has 0 radical (unpaired) electrons. The Balaban J connectivity index is 2.06. The average molecular weight is 333 g/mol. The van der Waals surface area contributed by atoms with Crippen LogP contribution in [0.15, 0.2) is 29.2 Å². The normalized spacial score (nSPS) is 11.3. The number of primary sulfonamides is 1. The standard InChI is InChI=1S/C10H9ClN4O3S2/c11-10-15-14-9(19-10)8(16)13-5-6-2-1-3-7(4-6)20(12,17)18/h1-4H,5H2,(H,13,16)(H2,12,17,18). The van der Waals surface area contributed by atoms with Gasteiger partial charge in [0.1, 0.15) is 0 Å². The van der Waals surface area contributed by atoms with E-state index in [0.717, 1.165) is 11.3 Å². The van der Waals surface area contributed by atoms with Gasteiger partial charge in [-0.15, -0.1) is 10.2 Å². The van der Waals surface area contributed by atoms with Crippen LogP contribution in [0.4, 0.5) is 0 Å². The van der Waals surface area contributed by atoms with E-state index in [9.17, 15) is 13.2 Å². The Kier molecular flexibility index (Phi) is 4.33. The van der Waals surface area contributed by atoms with Crippen molar-refractivity contribution in [1.29, 1.82) is 0 Å². The van der Waals surface area contributed by atoms with Gasteiger partial charge in [-0.25, -0.2) is 13.6 Å². The molecule has 0 fully saturated rings. The second-order valence-corrected chi connectivity index (χ2v) is 6.86. The molecule has 2 rings (SSSR count). The highest BCUT2D eigenvalue weighted by atomic mass is 35.5. The zero-order chi connectivity index (χ0) is 14.8. The SMILES string of the molecule is NS(=O)(=O)c1cccc(CNC(=O)c2nnc(Cl)s2)c1. The van der Waals surface area contributed by atoms with Crippen LogP contribution in [-0.4, -0.2) is 24.5 Å². The molecule has 0 atom stereocenters. The first-order chi connectivity index (χ1) is 9.36. The number of carbonyl (C=O) groups is 1. The highest BCUT2D eigenvalue weighted by Gasteiger charge is 2.12. The van der Waals surface area contributed by atoms with Crippen molar-refractivity contribution in [3.8, 4) is 0 Å². The van der Waals surface area contributed by atoms with Gasteiger partial charge < -0.3 is 5.32 Å². The van der Waals surface area contributed by atoms with Gasteiger partial charge in [-0.05, 0) is 29.3 Å². The van der Waals surface area contributed by atoms with Gasteiger partial charge in [-0.1, -0.05) is 23.5 Å². The zero-order valence-electron chi connectivity index (χ0n) is 9.91. The van der Waals surface area contributed by atoms with Gasteiger partial charge in [0.2, 0.25) is 19.5 Å². The Morgan fingerprint density at radius 3 is 2.75 bits per heavy atom. The van der Waals surface area contributed by atoms with Crippen molar-refractivity contribution in [2.45, 2.75) is 11.4 Å². The van der Waals surface area contributed by atoms with E-state index in [1.807, 2.05) is 0 Å². The summed E-state index contributed by atoms with van der Waals surface area (Å²) in [7, 11) is -3.76. The summed E-state index contributed by atoms with van der Waals surface area (Å²) in [4.78, 5) is 11.7. The van der Waals surface area contributed by atoms with E-state index in [4.69, 9.17) is 16.7 Å². The third-order valence-corrected chi connectivity index (χ3v) is 4.20. The number of rotatable bonds is 4. The van der Waals surface area contributed by atoms with Crippen LogP contribution in [0.1, 0.15) is 15.4 Å². The van der Waals surface area contributed by atoms with Gasteiger partial charge in [0.25, 0.3) is 5.91 Å². The largest absolute Gasteiger partial charge is 0.346 e. The fourth-order valence-corrected chi connectivity index (χ4v) is 2.72. The van der Waals surface area contributed by atoms with E-state index in [2.05, 4.69) is 15.5 Å². The van der Waals surface area contributed by atoms with Crippen molar-refractivity contribution in [1.82, 2.24) is 15.5 Å². The Morgan fingerprint density at radius 2 is 2.15 bits per heavy atom. The molecule has 0 saturated heterocycles. The molecular weight excluding hydrogens is 324 g/mol. The predicted octanol–water partition coefficient (Wildman–Crippen LogP) is 0.769. The molecule has 3 N–H and O–H groups in total. The molecule has 0 bridgehead atoms. The van der Waals surface area contributed by atoms with Crippen molar-refractivity contribution in [2.24, 2.45) is 5.14 Å². The van der Waals surface area contributed by atoms with Crippen LogP contribution in [0.2, 0.25) is 4.47 Å². The maximum atomic E-state index is 11.7. The minimum Gasteiger partial charge on any atom is -0.346 e. The quantitative estimate of drug-likeness (QED) is 0.858. The van der Waals surface area contributed by atoms with Gasteiger partial charge in [0.05, 0.1) is 4.90 Å². The number of hydrogen-bond donors (Lipinski definition) is 2. The van der Waals surface area contributed by atoms with Crippen LogP contribution in [0.5, 0.6) is 0 Å². The lowest BCUT2D eigenvalue weighted by atomic mass is 10.2. The number of halogens is 1. The first kappa shape index (κ1) is 14.9. The van der Waals surface area contributed by atoms with Crippen LogP contribution in [0.25, 0.3) is 0 Å². The van der Waals surface area contributed by atoms with Crippen LogP contribution in [0.3, 0.4) is 0 Å². The van der Waals surface area contributed by atoms with Gasteiger partial charge in [0.15, 0.2) is 0 Å². The summed E-state index contributed by atoms with van der Waals surface area (Å²) in [5.41, 5.74) is 0.598. The van der Waals surface area contributed by atoms with Crippen LogP contribution >= 0.6 is 22.9 Å². The van der Waals surface area contributed by atoms with E-state index < -0.39 is 15.9 Å². The van der Waals surface area contributed by atoms with Crippen molar-refractivity contribution in [3.05, 3.63) is 39.3 Å². The molecule has 0 aliphatic rings. The highest BCUT2D eigenvalue weighted by molar-refractivity contribution is 7.89. The molecule has 20 heavy (non-hydrogen) atoms. The van der Waals surface area contributed by atoms with Gasteiger partial charge in [-0.2, -0.15) is 0 Å². The highest BCUT2D eigenvalue weighted by Crippen LogP contribution is 2.15. The summed E-state index contributed by atoms with van der Waals surface area (Å²) >= 11 is 6.53. The number of nitrogens with zero attached hydrogens (tertiary/aromatic N) is 2. The monoisotopic (exact) mass is 332 g/mol. The summed E-state index contributed by atoms with van der Waals surface area (Å²) in [5.74, 6) is -0.435. The molecule has 0 saturated carbocycles. The molecule has 0 unspecified atom stereocenters. The van der Waals surface area contributed by atoms with Crippen LogP contribution < -0.4 is 10.5 Å². The lowest BCUT2D eigenvalue weighted by Crippen LogP contribution is -2.23. The Hall–Kier alpha value is -1.55. The summed E-state index contributed by atoms with van der Waals surface area (Å²) in [6.45, 7) is 0.138. The summed E-state index contributed by atoms with van der Waals surface area (Å²) in [6, 6.07) is 5.99. The molecule has 0 aliphatic heterocycles. The van der Waals surface area contributed by atoms with E-state index in [0.29, 0.717) is 5.56 Å². The minimum atomic E-state index is -3.76. The maximum Gasteiger partial charge on any atom is 0.282 e. The summed E-state index contributed by atoms with van der Waals surface area (Å²) < 4.78 is 22.6. The Bertz CT molecular complexity index is 744. The van der Waals surface area contributed by atoms with Crippen molar-refractivity contribution in [2.75, 3.05) is 0 Å². The molecular formula is C10H9ClN4O3S2. The molecule has 1 heterocycles. The van der Waals surface area contributed by atoms with E-state index in [1.165, 1.54) is 12.1 Å². The average Bonchev–Trinajstić information content (AvgIpc) is 2.82. The number of amides is 1. The second kappa shape index (κ2) is 5.83. The van der Waals surface area contributed by atoms with E-state index in [1.54, 1.807) is 12.1 Å². The summed E-state index contributed by atoms with van der Waals surface area (Å²) in [6.07, 6.45) is 0. The Labute approximate surface area is 123 Å². The molecule has 1 aromatic heterocycles. The van der Waals surface area contributed by atoms with E-state index >= 15 is 0 Å². The molecule has 0 aliphatic carbocycles. The van der Waals surface area contributed by atoms with Crippen molar-refractivity contribution < 1.29 is 13.2 Å². The fourth-order valence-electron chi connectivity index (χ4n) is 1.39. The van der Waals surface area contributed by atoms with Crippen LogP contribution in [-0.2, 0) is 16.6 Å². The molecule has 1 amide bonds. The number of sulfonamides is 1. The minimum absolute atomic E-state index is 0.0109. The first-order valence-corrected chi connectivity index (χ1v) is 7.99. The number of nitrogens with one attached hydrogen (secondary N) is 1. The van der Waals surface area contributed by atoms with Crippen LogP contribution in [0, 0.1) is 0 Å².